The summed E-state index contributed by atoms with van der Waals surface area (Å²) in [4.78, 5) is 16.2. The smallest absolute Gasteiger partial charge is 0.319 e. The molecular weight excluding hydrogens is 361 g/mol. The zero-order valence-electron chi connectivity index (χ0n) is 15.3. The number of aromatic nitrogens is 1. The van der Waals surface area contributed by atoms with Gasteiger partial charge in [0.15, 0.2) is 0 Å². The lowest BCUT2D eigenvalue weighted by Gasteiger charge is -2.09. The van der Waals surface area contributed by atoms with E-state index in [1.54, 1.807) is 42.6 Å². The Morgan fingerprint density at radius 3 is 2.36 bits per heavy atom. The Morgan fingerprint density at radius 1 is 1.00 bits per heavy atom. The van der Waals surface area contributed by atoms with Crippen LogP contribution in [0.5, 0.6) is 17.4 Å². The Hall–Kier alpha value is -3.61. The lowest BCUT2D eigenvalue weighted by atomic mass is 10.3. The maximum Gasteiger partial charge on any atom is 0.319 e. The van der Waals surface area contributed by atoms with Crippen molar-refractivity contribution in [2.24, 2.45) is 0 Å². The fourth-order valence-electron chi connectivity index (χ4n) is 2.36. The number of carbonyl (C=O) groups is 1. The third-order valence-electron chi connectivity index (χ3n) is 3.71. The van der Waals surface area contributed by atoms with Gasteiger partial charge in [0.1, 0.15) is 17.3 Å². The molecule has 6 nitrogen and oxygen atoms in total. The van der Waals surface area contributed by atoms with E-state index in [2.05, 4.69) is 15.6 Å². The molecule has 2 N–H and O–H groups in total. The van der Waals surface area contributed by atoms with Gasteiger partial charge in [-0.1, -0.05) is 6.07 Å². The molecule has 0 aliphatic rings. The van der Waals surface area contributed by atoms with Gasteiger partial charge in [-0.3, -0.25) is 0 Å². The Bertz CT molecular complexity index is 898. The number of hydrogen-bond acceptors (Lipinski definition) is 4. The van der Waals surface area contributed by atoms with Crippen LogP contribution in [-0.2, 0) is 6.54 Å². The van der Waals surface area contributed by atoms with Gasteiger partial charge < -0.3 is 20.1 Å². The molecule has 0 atom stereocenters. The van der Waals surface area contributed by atoms with Crippen LogP contribution in [0.15, 0.2) is 66.9 Å². The number of hydrogen-bond donors (Lipinski definition) is 2. The van der Waals surface area contributed by atoms with E-state index in [1.807, 2.05) is 6.92 Å². The first-order chi connectivity index (χ1) is 13.6. The number of rotatable bonds is 7. The third-order valence-corrected chi connectivity index (χ3v) is 3.71. The minimum absolute atomic E-state index is 0.312. The van der Waals surface area contributed by atoms with E-state index in [0.29, 0.717) is 30.5 Å². The Labute approximate surface area is 162 Å². The first-order valence-electron chi connectivity index (χ1n) is 8.78. The average molecular weight is 381 g/mol. The molecule has 0 saturated heterocycles. The molecular formula is C21H20FN3O3. The minimum Gasteiger partial charge on any atom is -0.494 e. The fraction of sp³-hybridized carbons (Fsp3) is 0.143. The molecule has 0 spiro atoms. The molecule has 0 bridgehead atoms. The number of nitrogens with one attached hydrogen (secondary N) is 2. The molecule has 7 heteroatoms. The van der Waals surface area contributed by atoms with Crippen LogP contribution in [0, 0.1) is 5.82 Å². The van der Waals surface area contributed by atoms with Gasteiger partial charge in [0.25, 0.3) is 0 Å². The lowest BCUT2D eigenvalue weighted by molar-refractivity contribution is 0.251. The van der Waals surface area contributed by atoms with E-state index >= 15 is 0 Å². The highest BCUT2D eigenvalue weighted by Crippen LogP contribution is 2.19. The quantitative estimate of drug-likeness (QED) is 0.620. The van der Waals surface area contributed by atoms with Crippen LogP contribution in [-0.4, -0.2) is 17.6 Å². The van der Waals surface area contributed by atoms with E-state index in [4.69, 9.17) is 9.47 Å². The number of anilines is 1. The van der Waals surface area contributed by atoms with Gasteiger partial charge in [-0.2, -0.15) is 0 Å². The van der Waals surface area contributed by atoms with Crippen LogP contribution in [0.2, 0.25) is 0 Å². The molecule has 0 radical (unpaired) electrons. The first kappa shape index (κ1) is 19.2. The van der Waals surface area contributed by atoms with Gasteiger partial charge >= 0.3 is 6.03 Å². The lowest BCUT2D eigenvalue weighted by Crippen LogP contribution is -2.28. The van der Waals surface area contributed by atoms with Gasteiger partial charge in [0.2, 0.25) is 5.88 Å². The van der Waals surface area contributed by atoms with Gasteiger partial charge in [-0.05, 0) is 61.0 Å². The molecule has 28 heavy (non-hydrogen) atoms. The summed E-state index contributed by atoms with van der Waals surface area (Å²) < 4.78 is 23.8. The highest BCUT2D eigenvalue weighted by molar-refractivity contribution is 5.89. The summed E-state index contributed by atoms with van der Waals surface area (Å²) in [5.74, 6) is 1.30. The summed E-state index contributed by atoms with van der Waals surface area (Å²) >= 11 is 0. The average Bonchev–Trinajstić information content (AvgIpc) is 2.71. The summed E-state index contributed by atoms with van der Waals surface area (Å²) in [7, 11) is 0. The number of benzene rings is 2. The molecule has 144 valence electrons. The molecule has 1 heterocycles. The number of nitrogens with zero attached hydrogens (tertiary/aromatic N) is 1. The van der Waals surface area contributed by atoms with Crippen LogP contribution in [0.4, 0.5) is 14.9 Å². The fourth-order valence-corrected chi connectivity index (χ4v) is 2.36. The van der Waals surface area contributed by atoms with Crippen LogP contribution in [0.25, 0.3) is 0 Å². The molecule has 3 rings (SSSR count). The monoisotopic (exact) mass is 381 g/mol. The normalized spacial score (nSPS) is 10.2. The number of pyridine rings is 1. The molecule has 0 unspecified atom stereocenters. The highest BCUT2D eigenvalue weighted by Gasteiger charge is 2.04. The molecule has 1 aromatic heterocycles. The van der Waals surface area contributed by atoms with E-state index < -0.39 is 0 Å². The molecule has 0 aliphatic carbocycles. The SMILES string of the molecule is CCOc1ccc(NC(=O)NCc2ccc(Oc3ccc(F)cc3)nc2)cc1. The van der Waals surface area contributed by atoms with Gasteiger partial charge in [0.05, 0.1) is 6.61 Å². The zero-order chi connectivity index (χ0) is 19.8. The van der Waals surface area contributed by atoms with Crippen molar-refractivity contribution < 1.29 is 18.7 Å². The maximum absolute atomic E-state index is 12.9. The maximum atomic E-state index is 12.9. The molecule has 2 aromatic carbocycles. The summed E-state index contributed by atoms with van der Waals surface area (Å²) in [5, 5.41) is 5.51. The van der Waals surface area contributed by atoms with Crippen LogP contribution in [0.1, 0.15) is 12.5 Å². The first-order valence-corrected chi connectivity index (χ1v) is 8.78. The van der Waals surface area contributed by atoms with Crippen molar-refractivity contribution in [3.63, 3.8) is 0 Å². The van der Waals surface area contributed by atoms with E-state index in [1.165, 1.54) is 24.3 Å². The summed E-state index contributed by atoms with van der Waals surface area (Å²) in [5.41, 5.74) is 1.48. The van der Waals surface area contributed by atoms with Crippen molar-refractivity contribution in [1.29, 1.82) is 0 Å². The second-order valence-electron chi connectivity index (χ2n) is 5.83. The molecule has 0 fully saturated rings. The zero-order valence-corrected chi connectivity index (χ0v) is 15.3. The standard InChI is InChI=1S/C21H20FN3O3/c1-2-27-18-10-6-17(7-11-18)25-21(26)24-14-15-3-12-20(23-13-15)28-19-8-4-16(22)5-9-19/h3-13H,2,14H2,1H3,(H2,24,25,26). The van der Waals surface area contributed by atoms with Crippen LogP contribution in [0.3, 0.4) is 0 Å². The molecule has 0 saturated carbocycles. The number of halogens is 1. The summed E-state index contributed by atoms with van der Waals surface area (Å²) in [6.45, 7) is 2.82. The number of ether oxygens (including phenoxy) is 2. The van der Waals surface area contributed by atoms with Crippen molar-refractivity contribution in [1.82, 2.24) is 10.3 Å². The largest absolute Gasteiger partial charge is 0.494 e. The van der Waals surface area contributed by atoms with Crippen molar-refractivity contribution in [2.45, 2.75) is 13.5 Å². The number of urea groups is 1. The number of carbonyl (C=O) groups excluding carboxylic acids is 1. The predicted molar refractivity (Wildman–Crippen MR) is 104 cm³/mol. The van der Waals surface area contributed by atoms with Gasteiger partial charge in [-0.15, -0.1) is 0 Å². The Kier molecular flexibility index (Phi) is 6.41. The van der Waals surface area contributed by atoms with Crippen molar-refractivity contribution >= 4 is 11.7 Å². The summed E-state index contributed by atoms with van der Waals surface area (Å²) in [6.07, 6.45) is 1.61. The van der Waals surface area contributed by atoms with Crippen molar-refractivity contribution in [2.75, 3.05) is 11.9 Å². The topological polar surface area (TPSA) is 72.5 Å². The van der Waals surface area contributed by atoms with E-state index in [-0.39, 0.29) is 11.8 Å². The van der Waals surface area contributed by atoms with Gasteiger partial charge in [0, 0.05) is 24.5 Å². The highest BCUT2D eigenvalue weighted by atomic mass is 19.1. The molecule has 0 aliphatic heterocycles. The predicted octanol–water partition coefficient (Wildman–Crippen LogP) is 4.73. The molecule has 2 amide bonds. The second-order valence-corrected chi connectivity index (χ2v) is 5.83. The second kappa shape index (κ2) is 9.36. The minimum atomic E-state index is -0.328. The Morgan fingerprint density at radius 2 is 1.71 bits per heavy atom. The van der Waals surface area contributed by atoms with Crippen molar-refractivity contribution in [3.05, 3.63) is 78.2 Å². The van der Waals surface area contributed by atoms with E-state index in [9.17, 15) is 9.18 Å². The van der Waals surface area contributed by atoms with Crippen molar-refractivity contribution in [3.8, 4) is 17.4 Å². The summed E-state index contributed by atoms with van der Waals surface area (Å²) in [6, 6.07) is 16.0. The number of amides is 2. The third kappa shape index (κ3) is 5.70. The molecule has 3 aromatic rings. The van der Waals surface area contributed by atoms with E-state index in [0.717, 1.165) is 11.3 Å². The van der Waals surface area contributed by atoms with Crippen LogP contribution >= 0.6 is 0 Å². The Balaban J connectivity index is 1.47. The van der Waals surface area contributed by atoms with Crippen LogP contribution < -0.4 is 20.1 Å². The van der Waals surface area contributed by atoms with Gasteiger partial charge in [-0.25, -0.2) is 14.2 Å².